The Morgan fingerprint density at radius 2 is 2.22 bits per heavy atom. The predicted molar refractivity (Wildman–Crippen MR) is 65.4 cm³/mol. The van der Waals surface area contributed by atoms with E-state index in [1.165, 1.54) is 6.07 Å². The summed E-state index contributed by atoms with van der Waals surface area (Å²) in [5.74, 6) is -0.269. The lowest BCUT2D eigenvalue weighted by Gasteiger charge is -2.24. The molecule has 0 aromatic heterocycles. The number of carbonyl (C=O) groups is 1. The molecule has 0 spiro atoms. The SMILES string of the molecule is C=C1CC2COC(=O)C2(Cc2ccccc2F)C1. The molecule has 1 saturated carbocycles. The molecule has 0 bridgehead atoms. The summed E-state index contributed by atoms with van der Waals surface area (Å²) in [6.07, 6.45) is 1.87. The van der Waals surface area contributed by atoms with Gasteiger partial charge in [0.1, 0.15) is 5.82 Å². The summed E-state index contributed by atoms with van der Waals surface area (Å²) in [5, 5.41) is 0. The molecule has 1 aliphatic heterocycles. The van der Waals surface area contributed by atoms with Crippen LogP contribution in [0.25, 0.3) is 0 Å². The number of allylic oxidation sites excluding steroid dienone is 1. The molecule has 0 radical (unpaired) electrons. The van der Waals surface area contributed by atoms with Gasteiger partial charge in [-0.3, -0.25) is 4.79 Å². The summed E-state index contributed by atoms with van der Waals surface area (Å²) in [4.78, 5) is 12.1. The van der Waals surface area contributed by atoms with Gasteiger partial charge in [0.05, 0.1) is 12.0 Å². The molecular formula is C15H15FO2. The van der Waals surface area contributed by atoms with Crippen molar-refractivity contribution in [2.75, 3.05) is 6.61 Å². The summed E-state index contributed by atoms with van der Waals surface area (Å²) >= 11 is 0. The normalized spacial score (nSPS) is 30.4. The molecule has 0 N–H and O–H groups in total. The molecule has 1 heterocycles. The van der Waals surface area contributed by atoms with E-state index < -0.39 is 5.41 Å². The maximum absolute atomic E-state index is 13.7. The minimum Gasteiger partial charge on any atom is -0.465 e. The van der Waals surface area contributed by atoms with Crippen LogP contribution < -0.4 is 0 Å². The average Bonchev–Trinajstić information content (AvgIpc) is 2.79. The van der Waals surface area contributed by atoms with Crippen LogP contribution in [0.2, 0.25) is 0 Å². The van der Waals surface area contributed by atoms with Gasteiger partial charge in [0.2, 0.25) is 0 Å². The number of rotatable bonds is 2. The summed E-state index contributed by atoms with van der Waals surface area (Å²) in [7, 11) is 0. The third-order valence-electron chi connectivity index (χ3n) is 4.17. The van der Waals surface area contributed by atoms with Crippen molar-refractivity contribution in [3.05, 3.63) is 47.8 Å². The van der Waals surface area contributed by atoms with Crippen LogP contribution in [-0.4, -0.2) is 12.6 Å². The van der Waals surface area contributed by atoms with Crippen molar-refractivity contribution < 1.29 is 13.9 Å². The lowest BCUT2D eigenvalue weighted by Crippen LogP contribution is -2.31. The molecule has 2 atom stereocenters. The van der Waals surface area contributed by atoms with Crippen LogP contribution in [0.4, 0.5) is 4.39 Å². The smallest absolute Gasteiger partial charge is 0.313 e. The summed E-state index contributed by atoms with van der Waals surface area (Å²) in [6, 6.07) is 6.64. The molecule has 0 amide bonds. The topological polar surface area (TPSA) is 26.3 Å². The van der Waals surface area contributed by atoms with Gasteiger partial charge in [0.15, 0.2) is 0 Å². The monoisotopic (exact) mass is 246 g/mol. The van der Waals surface area contributed by atoms with E-state index in [-0.39, 0.29) is 17.7 Å². The Labute approximate surface area is 105 Å². The van der Waals surface area contributed by atoms with Crippen LogP contribution in [0.5, 0.6) is 0 Å². The van der Waals surface area contributed by atoms with Crippen molar-refractivity contribution in [2.24, 2.45) is 11.3 Å². The Hall–Kier alpha value is -1.64. The fraction of sp³-hybridized carbons (Fsp3) is 0.400. The minimum absolute atomic E-state index is 0.164. The third kappa shape index (κ3) is 1.57. The highest BCUT2D eigenvalue weighted by atomic mass is 19.1. The lowest BCUT2D eigenvalue weighted by molar-refractivity contribution is -0.146. The minimum atomic E-state index is -0.570. The zero-order valence-corrected chi connectivity index (χ0v) is 10.1. The molecule has 1 aromatic carbocycles. The van der Waals surface area contributed by atoms with E-state index in [1.54, 1.807) is 18.2 Å². The van der Waals surface area contributed by atoms with E-state index >= 15 is 0 Å². The lowest BCUT2D eigenvalue weighted by atomic mass is 9.75. The van der Waals surface area contributed by atoms with Crippen LogP contribution in [-0.2, 0) is 16.0 Å². The van der Waals surface area contributed by atoms with E-state index in [1.807, 2.05) is 0 Å². The molecule has 2 nitrogen and oxygen atoms in total. The number of fused-ring (bicyclic) bond motifs is 1. The number of cyclic esters (lactones) is 1. The maximum atomic E-state index is 13.7. The van der Waals surface area contributed by atoms with Crippen LogP contribution in [0, 0.1) is 17.2 Å². The largest absolute Gasteiger partial charge is 0.465 e. The summed E-state index contributed by atoms with van der Waals surface area (Å²) < 4.78 is 18.9. The van der Waals surface area contributed by atoms with Crippen LogP contribution in [0.1, 0.15) is 18.4 Å². The van der Waals surface area contributed by atoms with Gasteiger partial charge >= 0.3 is 5.97 Å². The zero-order valence-electron chi connectivity index (χ0n) is 10.1. The molecule has 1 aliphatic carbocycles. The van der Waals surface area contributed by atoms with Gasteiger partial charge in [-0.15, -0.1) is 0 Å². The number of benzene rings is 1. The van der Waals surface area contributed by atoms with Crippen molar-refractivity contribution >= 4 is 5.97 Å². The second kappa shape index (κ2) is 3.94. The quantitative estimate of drug-likeness (QED) is 0.592. The third-order valence-corrected chi connectivity index (χ3v) is 4.17. The van der Waals surface area contributed by atoms with Crippen molar-refractivity contribution in [3.8, 4) is 0 Å². The van der Waals surface area contributed by atoms with Gasteiger partial charge in [-0.1, -0.05) is 30.4 Å². The van der Waals surface area contributed by atoms with Crippen molar-refractivity contribution in [2.45, 2.75) is 19.3 Å². The van der Waals surface area contributed by atoms with Gasteiger partial charge in [0, 0.05) is 5.92 Å². The highest BCUT2D eigenvalue weighted by Gasteiger charge is 2.56. The summed E-state index contributed by atoms with van der Waals surface area (Å²) in [5.41, 5.74) is 1.10. The number of esters is 1. The maximum Gasteiger partial charge on any atom is 0.313 e. The van der Waals surface area contributed by atoms with E-state index in [0.29, 0.717) is 25.0 Å². The van der Waals surface area contributed by atoms with E-state index in [9.17, 15) is 9.18 Å². The van der Waals surface area contributed by atoms with Gasteiger partial charge in [0.25, 0.3) is 0 Å². The first kappa shape index (κ1) is 11.5. The standard InChI is InChI=1S/C15H15FO2/c1-10-6-12-9-18-14(17)15(12,7-10)8-11-4-2-3-5-13(11)16/h2-5,12H,1,6-9H2. The van der Waals surface area contributed by atoms with E-state index in [2.05, 4.69) is 6.58 Å². The second-order valence-electron chi connectivity index (χ2n) is 5.35. The van der Waals surface area contributed by atoms with Gasteiger partial charge in [-0.2, -0.15) is 0 Å². The number of halogens is 1. The number of carbonyl (C=O) groups excluding carboxylic acids is 1. The molecule has 94 valence electrons. The first-order valence-electron chi connectivity index (χ1n) is 6.19. The molecule has 3 rings (SSSR count). The Kier molecular flexibility index (Phi) is 2.51. The molecule has 1 aromatic rings. The molecule has 2 unspecified atom stereocenters. The Balaban J connectivity index is 1.97. The first-order valence-corrected chi connectivity index (χ1v) is 6.19. The predicted octanol–water partition coefficient (Wildman–Crippen LogP) is 2.88. The van der Waals surface area contributed by atoms with Crippen molar-refractivity contribution in [1.82, 2.24) is 0 Å². The second-order valence-corrected chi connectivity index (χ2v) is 5.35. The highest BCUT2D eigenvalue weighted by molar-refractivity contribution is 5.81. The highest BCUT2D eigenvalue weighted by Crippen LogP contribution is 2.52. The fourth-order valence-corrected chi connectivity index (χ4v) is 3.24. The Morgan fingerprint density at radius 3 is 3.00 bits per heavy atom. The average molecular weight is 246 g/mol. The molecule has 1 saturated heterocycles. The number of ether oxygens (including phenoxy) is 1. The van der Waals surface area contributed by atoms with Crippen LogP contribution in [0.15, 0.2) is 36.4 Å². The van der Waals surface area contributed by atoms with Gasteiger partial charge in [-0.05, 0) is 30.9 Å². The van der Waals surface area contributed by atoms with Gasteiger partial charge in [-0.25, -0.2) is 4.39 Å². The fourth-order valence-electron chi connectivity index (χ4n) is 3.24. The summed E-state index contributed by atoms with van der Waals surface area (Å²) in [6.45, 7) is 4.43. The molecule has 2 aliphatic rings. The Morgan fingerprint density at radius 1 is 1.44 bits per heavy atom. The zero-order chi connectivity index (χ0) is 12.8. The van der Waals surface area contributed by atoms with E-state index in [4.69, 9.17) is 4.74 Å². The van der Waals surface area contributed by atoms with Crippen molar-refractivity contribution in [1.29, 1.82) is 0 Å². The van der Waals surface area contributed by atoms with Gasteiger partial charge < -0.3 is 4.74 Å². The van der Waals surface area contributed by atoms with E-state index in [0.717, 1.165) is 12.0 Å². The Bertz CT molecular complexity index is 523. The van der Waals surface area contributed by atoms with Crippen molar-refractivity contribution in [3.63, 3.8) is 0 Å². The first-order chi connectivity index (χ1) is 8.62. The molecule has 3 heteroatoms. The number of hydrogen-bond donors (Lipinski definition) is 0. The molecule has 18 heavy (non-hydrogen) atoms. The molecular weight excluding hydrogens is 231 g/mol. The molecule has 2 fully saturated rings. The van der Waals surface area contributed by atoms with Crippen LogP contribution in [0.3, 0.4) is 0 Å². The number of hydrogen-bond acceptors (Lipinski definition) is 2. The van der Waals surface area contributed by atoms with Crippen LogP contribution >= 0.6 is 0 Å².